The summed E-state index contributed by atoms with van der Waals surface area (Å²) in [5.74, 6) is 0.794. The molecule has 0 unspecified atom stereocenters. The van der Waals surface area contributed by atoms with Crippen molar-refractivity contribution in [2.45, 2.75) is 0 Å². The average molecular weight is 359 g/mol. The molecule has 0 aliphatic heterocycles. The minimum absolute atomic E-state index is 0.302. The number of hydrogen-bond acceptors (Lipinski definition) is 5. The minimum Gasteiger partial charge on any atom is -0.495 e. The van der Waals surface area contributed by atoms with E-state index >= 15 is 0 Å². The number of aromatic nitrogens is 3. The number of methoxy groups -OCH3 is 1. The fourth-order valence-corrected chi connectivity index (χ4v) is 2.78. The van der Waals surface area contributed by atoms with Crippen molar-refractivity contribution in [2.75, 3.05) is 17.9 Å². The number of rotatable bonds is 5. The summed E-state index contributed by atoms with van der Waals surface area (Å²) in [6.45, 7) is 0. The first-order valence-corrected chi connectivity index (χ1v) is 8.35. The molecule has 2 heterocycles. The molecule has 4 rings (SSSR count). The number of fused-ring (bicyclic) bond motifs is 1. The SMILES string of the molecule is COc1ccccc1Nc1ncccc1C(=O)Nn1cnc2ccccc21. The summed E-state index contributed by atoms with van der Waals surface area (Å²) in [6, 6.07) is 18.4. The summed E-state index contributed by atoms with van der Waals surface area (Å²) in [4.78, 5) is 21.4. The standard InChI is InChI=1S/C20H17N5O2/c1-27-18-11-5-3-9-16(18)23-19-14(7-6-12-21-19)20(26)24-25-13-22-15-8-2-4-10-17(15)25/h2-13H,1H3,(H,21,23)(H,24,26). The van der Waals surface area contributed by atoms with Gasteiger partial charge in [0.05, 0.1) is 29.4 Å². The molecule has 0 atom stereocenters. The Morgan fingerprint density at radius 2 is 1.81 bits per heavy atom. The van der Waals surface area contributed by atoms with Gasteiger partial charge in [-0.25, -0.2) is 14.6 Å². The van der Waals surface area contributed by atoms with Crippen LogP contribution >= 0.6 is 0 Å². The Morgan fingerprint density at radius 1 is 1.00 bits per heavy atom. The van der Waals surface area contributed by atoms with E-state index in [-0.39, 0.29) is 5.91 Å². The van der Waals surface area contributed by atoms with Crippen molar-refractivity contribution in [3.05, 3.63) is 78.8 Å². The van der Waals surface area contributed by atoms with Crippen LogP contribution in [-0.2, 0) is 0 Å². The van der Waals surface area contributed by atoms with Crippen LogP contribution in [0.5, 0.6) is 5.75 Å². The molecule has 0 aliphatic rings. The average Bonchev–Trinajstić information content (AvgIpc) is 3.12. The van der Waals surface area contributed by atoms with Crippen LogP contribution < -0.4 is 15.5 Å². The molecule has 2 aromatic carbocycles. The monoisotopic (exact) mass is 359 g/mol. The number of imidazole rings is 1. The highest BCUT2D eigenvalue weighted by molar-refractivity contribution is 6.04. The summed E-state index contributed by atoms with van der Waals surface area (Å²) >= 11 is 0. The first-order valence-electron chi connectivity index (χ1n) is 8.35. The summed E-state index contributed by atoms with van der Waals surface area (Å²) < 4.78 is 6.94. The van der Waals surface area contributed by atoms with E-state index in [1.54, 1.807) is 36.4 Å². The van der Waals surface area contributed by atoms with Gasteiger partial charge in [-0.15, -0.1) is 0 Å². The molecule has 0 aliphatic carbocycles. The van der Waals surface area contributed by atoms with Crippen molar-refractivity contribution in [3.8, 4) is 5.75 Å². The van der Waals surface area contributed by atoms with Crippen molar-refractivity contribution in [1.82, 2.24) is 14.6 Å². The maximum absolute atomic E-state index is 12.9. The van der Waals surface area contributed by atoms with Crippen molar-refractivity contribution < 1.29 is 9.53 Å². The number of amides is 1. The number of benzene rings is 2. The zero-order valence-electron chi connectivity index (χ0n) is 14.6. The Balaban J connectivity index is 1.63. The van der Waals surface area contributed by atoms with Crippen LogP contribution in [0.3, 0.4) is 0 Å². The third kappa shape index (κ3) is 3.30. The molecule has 0 radical (unpaired) electrons. The first-order chi connectivity index (χ1) is 13.3. The van der Waals surface area contributed by atoms with Gasteiger partial charge in [-0.3, -0.25) is 10.2 Å². The van der Waals surface area contributed by atoms with Crippen molar-refractivity contribution in [1.29, 1.82) is 0 Å². The van der Waals surface area contributed by atoms with Gasteiger partial charge in [-0.2, -0.15) is 0 Å². The number of pyridine rings is 1. The molecular weight excluding hydrogens is 342 g/mol. The molecule has 0 saturated heterocycles. The van der Waals surface area contributed by atoms with E-state index in [9.17, 15) is 4.79 Å². The lowest BCUT2D eigenvalue weighted by molar-refractivity contribution is 0.101. The molecule has 134 valence electrons. The molecule has 4 aromatic rings. The van der Waals surface area contributed by atoms with E-state index in [1.807, 2.05) is 48.5 Å². The lowest BCUT2D eigenvalue weighted by Gasteiger charge is -2.14. The molecule has 0 bridgehead atoms. The largest absolute Gasteiger partial charge is 0.495 e. The number of nitrogens with one attached hydrogen (secondary N) is 2. The Kier molecular flexibility index (Phi) is 4.40. The number of carbonyl (C=O) groups is 1. The maximum Gasteiger partial charge on any atom is 0.273 e. The van der Waals surface area contributed by atoms with Gasteiger partial charge in [0.2, 0.25) is 0 Å². The third-order valence-electron chi connectivity index (χ3n) is 4.09. The van der Waals surface area contributed by atoms with Gasteiger partial charge in [0.15, 0.2) is 0 Å². The molecule has 2 N–H and O–H groups in total. The van der Waals surface area contributed by atoms with Gasteiger partial charge in [-0.1, -0.05) is 24.3 Å². The highest BCUT2D eigenvalue weighted by atomic mass is 16.5. The topological polar surface area (TPSA) is 81.1 Å². The molecule has 7 nitrogen and oxygen atoms in total. The number of nitrogens with zero attached hydrogens (tertiary/aromatic N) is 3. The van der Waals surface area contributed by atoms with Crippen LogP contribution in [0, 0.1) is 0 Å². The second-order valence-electron chi connectivity index (χ2n) is 5.77. The van der Waals surface area contributed by atoms with Crippen molar-refractivity contribution in [2.24, 2.45) is 0 Å². The van der Waals surface area contributed by atoms with Gasteiger partial charge in [-0.05, 0) is 36.4 Å². The van der Waals surface area contributed by atoms with E-state index in [2.05, 4.69) is 20.7 Å². The highest BCUT2D eigenvalue weighted by Crippen LogP contribution is 2.27. The lowest BCUT2D eigenvalue weighted by atomic mass is 10.2. The summed E-state index contributed by atoms with van der Waals surface area (Å²) in [7, 11) is 1.59. The number of hydrogen-bond donors (Lipinski definition) is 2. The maximum atomic E-state index is 12.9. The molecule has 7 heteroatoms. The van der Waals surface area contributed by atoms with E-state index in [0.717, 1.165) is 16.7 Å². The summed E-state index contributed by atoms with van der Waals surface area (Å²) in [5, 5.41) is 3.17. The molecule has 27 heavy (non-hydrogen) atoms. The van der Waals surface area contributed by atoms with Crippen molar-refractivity contribution >= 4 is 28.4 Å². The fraction of sp³-hybridized carbons (Fsp3) is 0.0500. The number of anilines is 2. The van der Waals surface area contributed by atoms with Gasteiger partial charge in [0.25, 0.3) is 5.91 Å². The van der Waals surface area contributed by atoms with Gasteiger partial charge >= 0.3 is 0 Å². The second kappa shape index (κ2) is 7.17. The minimum atomic E-state index is -0.302. The van der Waals surface area contributed by atoms with Gasteiger partial charge in [0.1, 0.15) is 17.9 Å². The fourth-order valence-electron chi connectivity index (χ4n) is 2.78. The predicted octanol–water partition coefficient (Wildman–Crippen LogP) is 3.57. The molecule has 0 fully saturated rings. The zero-order chi connectivity index (χ0) is 18.6. The van der Waals surface area contributed by atoms with Gasteiger partial charge in [0, 0.05) is 6.20 Å². The Labute approximate surface area is 155 Å². The smallest absolute Gasteiger partial charge is 0.273 e. The van der Waals surface area contributed by atoms with E-state index in [1.165, 1.54) is 0 Å². The Hall–Kier alpha value is -3.87. The van der Waals surface area contributed by atoms with E-state index < -0.39 is 0 Å². The van der Waals surface area contributed by atoms with Crippen LogP contribution in [0.15, 0.2) is 73.2 Å². The summed E-state index contributed by atoms with van der Waals surface area (Å²) in [5.41, 5.74) is 5.58. The number of carbonyl (C=O) groups excluding carboxylic acids is 1. The van der Waals surface area contributed by atoms with E-state index in [4.69, 9.17) is 4.74 Å². The van der Waals surface area contributed by atoms with E-state index in [0.29, 0.717) is 17.1 Å². The summed E-state index contributed by atoms with van der Waals surface area (Å²) in [6.07, 6.45) is 3.20. The molecule has 2 aromatic heterocycles. The zero-order valence-corrected chi connectivity index (χ0v) is 14.6. The molecule has 0 spiro atoms. The second-order valence-corrected chi connectivity index (χ2v) is 5.77. The number of ether oxygens (including phenoxy) is 1. The predicted molar refractivity (Wildman–Crippen MR) is 104 cm³/mol. The van der Waals surface area contributed by atoms with Crippen LogP contribution in [0.1, 0.15) is 10.4 Å². The van der Waals surface area contributed by atoms with Crippen LogP contribution in [-0.4, -0.2) is 27.7 Å². The third-order valence-corrected chi connectivity index (χ3v) is 4.09. The van der Waals surface area contributed by atoms with Crippen LogP contribution in [0.2, 0.25) is 0 Å². The normalized spacial score (nSPS) is 10.6. The molecular formula is C20H17N5O2. The quantitative estimate of drug-likeness (QED) is 0.569. The number of para-hydroxylation sites is 4. The molecule has 0 saturated carbocycles. The lowest BCUT2D eigenvalue weighted by Crippen LogP contribution is -2.23. The first kappa shape index (κ1) is 16.6. The van der Waals surface area contributed by atoms with Crippen LogP contribution in [0.25, 0.3) is 11.0 Å². The molecule has 1 amide bonds. The Morgan fingerprint density at radius 3 is 2.70 bits per heavy atom. The highest BCUT2D eigenvalue weighted by Gasteiger charge is 2.15. The Bertz CT molecular complexity index is 1110. The van der Waals surface area contributed by atoms with Crippen LogP contribution in [0.4, 0.5) is 11.5 Å². The van der Waals surface area contributed by atoms with Crippen molar-refractivity contribution in [3.63, 3.8) is 0 Å². The van der Waals surface area contributed by atoms with Gasteiger partial charge < -0.3 is 10.1 Å².